The van der Waals surface area contributed by atoms with Gasteiger partial charge in [0.25, 0.3) is 0 Å². The number of amides is 2. The fraction of sp³-hybridized carbons (Fsp3) is 0.471. The van der Waals surface area contributed by atoms with Gasteiger partial charge in [-0.1, -0.05) is 37.2 Å². The number of benzene rings is 1. The molecule has 1 aliphatic heterocycles. The van der Waals surface area contributed by atoms with Crippen molar-refractivity contribution in [1.29, 1.82) is 0 Å². The van der Waals surface area contributed by atoms with Crippen LogP contribution in [-0.4, -0.2) is 29.3 Å². The van der Waals surface area contributed by atoms with Crippen LogP contribution in [0.5, 0.6) is 5.75 Å². The Kier molecular flexibility index (Phi) is 4.98. The number of carbonyl (C=O) groups excluding carboxylic acids is 1. The minimum absolute atomic E-state index is 0.0362. The van der Waals surface area contributed by atoms with E-state index in [9.17, 15) is 4.79 Å². The van der Waals surface area contributed by atoms with E-state index in [2.05, 4.69) is 20.8 Å². The van der Waals surface area contributed by atoms with Gasteiger partial charge in [-0.2, -0.15) is 4.98 Å². The summed E-state index contributed by atoms with van der Waals surface area (Å²) in [6.07, 6.45) is 1.27. The highest BCUT2D eigenvalue weighted by molar-refractivity contribution is 5.74. The van der Waals surface area contributed by atoms with Gasteiger partial charge in [0, 0.05) is 30.9 Å². The molecule has 1 aliphatic rings. The first-order chi connectivity index (χ1) is 11.6. The van der Waals surface area contributed by atoms with E-state index < -0.39 is 0 Å². The number of nitrogens with one attached hydrogen (secondary N) is 2. The first-order valence-corrected chi connectivity index (χ1v) is 8.22. The molecule has 0 unspecified atom stereocenters. The monoisotopic (exact) mass is 330 g/mol. The Balaban J connectivity index is 1.48. The van der Waals surface area contributed by atoms with Gasteiger partial charge >= 0.3 is 6.03 Å². The number of nitrogens with zero attached hydrogens (tertiary/aromatic N) is 2. The predicted octanol–water partition coefficient (Wildman–Crippen LogP) is 2.56. The number of aromatic nitrogens is 2. The second kappa shape index (κ2) is 7.33. The smallest absolute Gasteiger partial charge is 0.315 e. The number of hydrogen-bond acceptors (Lipinski definition) is 5. The number of urea groups is 1. The first kappa shape index (κ1) is 16.3. The summed E-state index contributed by atoms with van der Waals surface area (Å²) in [6, 6.07) is 7.53. The highest BCUT2D eigenvalue weighted by Gasteiger charge is 2.22. The van der Waals surface area contributed by atoms with Crippen molar-refractivity contribution >= 4 is 6.03 Å². The highest BCUT2D eigenvalue weighted by Crippen LogP contribution is 2.31. The lowest BCUT2D eigenvalue weighted by molar-refractivity contribution is 0.223. The lowest BCUT2D eigenvalue weighted by Crippen LogP contribution is -2.40. The summed E-state index contributed by atoms with van der Waals surface area (Å²) in [6.45, 7) is 5.05. The molecular formula is C17H22N4O3. The number of ether oxygens (including phenoxy) is 1. The molecule has 0 saturated carbocycles. The molecule has 0 bridgehead atoms. The molecule has 0 aliphatic carbocycles. The Morgan fingerprint density at radius 3 is 3.00 bits per heavy atom. The lowest BCUT2D eigenvalue weighted by atomic mass is 10.0. The molecule has 0 saturated heterocycles. The quantitative estimate of drug-likeness (QED) is 0.879. The average Bonchev–Trinajstić information content (AvgIpc) is 3.04. The summed E-state index contributed by atoms with van der Waals surface area (Å²) < 4.78 is 10.8. The minimum atomic E-state index is -0.208. The summed E-state index contributed by atoms with van der Waals surface area (Å²) in [5.74, 6) is 2.29. The van der Waals surface area contributed by atoms with Crippen molar-refractivity contribution in [2.75, 3.05) is 13.2 Å². The van der Waals surface area contributed by atoms with E-state index in [0.29, 0.717) is 31.3 Å². The van der Waals surface area contributed by atoms with E-state index in [4.69, 9.17) is 9.26 Å². The zero-order chi connectivity index (χ0) is 16.9. The average molecular weight is 330 g/mol. The number of para-hydroxylation sites is 1. The molecule has 0 fully saturated rings. The summed E-state index contributed by atoms with van der Waals surface area (Å²) in [7, 11) is 0. The topological polar surface area (TPSA) is 89.3 Å². The maximum absolute atomic E-state index is 12.1. The molecule has 1 aromatic carbocycles. The number of fused-ring (bicyclic) bond motifs is 1. The van der Waals surface area contributed by atoms with Gasteiger partial charge in [0.2, 0.25) is 5.89 Å². The van der Waals surface area contributed by atoms with Gasteiger partial charge in [-0.05, 0) is 6.07 Å². The molecule has 1 atom stereocenters. The molecule has 128 valence electrons. The van der Waals surface area contributed by atoms with Gasteiger partial charge in [-0.25, -0.2) is 4.79 Å². The zero-order valence-corrected chi connectivity index (χ0v) is 13.9. The van der Waals surface area contributed by atoms with Crippen molar-refractivity contribution in [3.8, 4) is 5.75 Å². The van der Waals surface area contributed by atoms with E-state index in [0.717, 1.165) is 17.7 Å². The van der Waals surface area contributed by atoms with E-state index in [-0.39, 0.29) is 18.0 Å². The van der Waals surface area contributed by atoms with Crippen LogP contribution in [0.1, 0.15) is 49.5 Å². The molecule has 7 nitrogen and oxygen atoms in total. The first-order valence-electron chi connectivity index (χ1n) is 8.22. The Morgan fingerprint density at radius 2 is 2.21 bits per heavy atom. The van der Waals surface area contributed by atoms with Crippen LogP contribution in [0.25, 0.3) is 0 Å². The molecule has 3 rings (SSSR count). The molecule has 2 aromatic rings. The van der Waals surface area contributed by atoms with Crippen LogP contribution < -0.4 is 15.4 Å². The summed E-state index contributed by atoms with van der Waals surface area (Å²) in [4.78, 5) is 16.4. The molecule has 24 heavy (non-hydrogen) atoms. The molecule has 0 radical (unpaired) electrons. The number of hydrogen-bond donors (Lipinski definition) is 2. The van der Waals surface area contributed by atoms with Gasteiger partial charge in [0.15, 0.2) is 5.82 Å². The summed E-state index contributed by atoms with van der Waals surface area (Å²) >= 11 is 0. The molecular weight excluding hydrogens is 308 g/mol. The molecule has 1 aromatic heterocycles. The van der Waals surface area contributed by atoms with E-state index in [1.807, 2.05) is 38.1 Å². The SMILES string of the molecule is CC(C)c1noc(CCNC(=O)N[C@H]2CCOc3ccccc32)n1. The van der Waals surface area contributed by atoms with Crippen LogP contribution in [0, 0.1) is 0 Å². The van der Waals surface area contributed by atoms with Crippen molar-refractivity contribution < 1.29 is 14.1 Å². The zero-order valence-electron chi connectivity index (χ0n) is 13.9. The molecule has 0 spiro atoms. The Morgan fingerprint density at radius 1 is 1.38 bits per heavy atom. The van der Waals surface area contributed by atoms with Gasteiger partial charge < -0.3 is 19.9 Å². The third-order valence-electron chi connectivity index (χ3n) is 3.89. The fourth-order valence-corrected chi connectivity index (χ4v) is 2.59. The number of carbonyl (C=O) groups is 1. The minimum Gasteiger partial charge on any atom is -0.493 e. The predicted molar refractivity (Wildman–Crippen MR) is 87.9 cm³/mol. The second-order valence-electron chi connectivity index (χ2n) is 6.08. The van der Waals surface area contributed by atoms with Gasteiger partial charge in [-0.15, -0.1) is 0 Å². The van der Waals surface area contributed by atoms with Crippen LogP contribution in [0.15, 0.2) is 28.8 Å². The molecule has 7 heteroatoms. The fourth-order valence-electron chi connectivity index (χ4n) is 2.59. The van der Waals surface area contributed by atoms with E-state index in [1.54, 1.807) is 0 Å². The normalized spacial score (nSPS) is 16.4. The van der Waals surface area contributed by atoms with Gasteiger partial charge in [0.1, 0.15) is 5.75 Å². The second-order valence-corrected chi connectivity index (χ2v) is 6.08. The maximum Gasteiger partial charge on any atom is 0.315 e. The Labute approximate surface area is 140 Å². The lowest BCUT2D eigenvalue weighted by Gasteiger charge is -2.26. The maximum atomic E-state index is 12.1. The Bertz CT molecular complexity index is 699. The third-order valence-corrected chi connectivity index (χ3v) is 3.89. The van der Waals surface area contributed by atoms with Crippen LogP contribution in [-0.2, 0) is 6.42 Å². The van der Waals surface area contributed by atoms with Crippen LogP contribution in [0.4, 0.5) is 4.79 Å². The number of rotatable bonds is 5. The summed E-state index contributed by atoms with van der Waals surface area (Å²) in [5.41, 5.74) is 1.01. The van der Waals surface area contributed by atoms with Crippen LogP contribution >= 0.6 is 0 Å². The van der Waals surface area contributed by atoms with Crippen LogP contribution in [0.3, 0.4) is 0 Å². The van der Waals surface area contributed by atoms with Crippen molar-refractivity contribution in [2.24, 2.45) is 0 Å². The third kappa shape index (κ3) is 3.84. The van der Waals surface area contributed by atoms with Crippen molar-refractivity contribution in [1.82, 2.24) is 20.8 Å². The van der Waals surface area contributed by atoms with E-state index in [1.165, 1.54) is 0 Å². The van der Waals surface area contributed by atoms with Gasteiger partial charge in [-0.3, -0.25) is 0 Å². The molecule has 2 amide bonds. The van der Waals surface area contributed by atoms with Crippen LogP contribution in [0.2, 0.25) is 0 Å². The molecule has 2 heterocycles. The van der Waals surface area contributed by atoms with Crippen molar-refractivity contribution in [3.63, 3.8) is 0 Å². The van der Waals surface area contributed by atoms with Crippen molar-refractivity contribution in [2.45, 2.75) is 38.6 Å². The Hall–Kier alpha value is -2.57. The largest absolute Gasteiger partial charge is 0.493 e. The van der Waals surface area contributed by atoms with Gasteiger partial charge in [0.05, 0.1) is 12.6 Å². The van der Waals surface area contributed by atoms with Crippen molar-refractivity contribution in [3.05, 3.63) is 41.5 Å². The standard InChI is InChI=1S/C17H22N4O3/c1-11(2)16-20-15(24-21-16)7-9-18-17(22)19-13-8-10-23-14-6-4-3-5-12(13)14/h3-6,11,13H,7-10H2,1-2H3,(H2,18,19,22)/t13-/m0/s1. The molecule has 2 N–H and O–H groups in total. The van der Waals surface area contributed by atoms with E-state index >= 15 is 0 Å². The highest BCUT2D eigenvalue weighted by atomic mass is 16.5. The summed E-state index contributed by atoms with van der Waals surface area (Å²) in [5, 5.41) is 9.72.